The number of nitrogens with one attached hydrogen (secondary N) is 3. The van der Waals surface area contributed by atoms with Gasteiger partial charge in [-0.05, 0) is 36.0 Å². The van der Waals surface area contributed by atoms with Crippen molar-refractivity contribution < 1.29 is 41.9 Å². The van der Waals surface area contributed by atoms with Gasteiger partial charge in [-0.25, -0.2) is 14.4 Å². The maximum Gasteiger partial charge on any atom is 0.336 e. The van der Waals surface area contributed by atoms with Crippen LogP contribution in [0.3, 0.4) is 0 Å². The molecule has 2 atom stereocenters. The Hall–Kier alpha value is -5.67. The van der Waals surface area contributed by atoms with E-state index in [2.05, 4.69) is 29.1 Å². The van der Waals surface area contributed by atoms with Gasteiger partial charge >= 0.3 is 16.9 Å². The Morgan fingerprint density at radius 2 is 1.02 bits per heavy atom. The number of ether oxygens (including phenoxy) is 2. The molecule has 6 heterocycles. The van der Waals surface area contributed by atoms with E-state index in [1.807, 2.05) is 20.8 Å². The summed E-state index contributed by atoms with van der Waals surface area (Å²) in [6, 6.07) is 4.18. The van der Waals surface area contributed by atoms with Crippen LogP contribution in [-0.2, 0) is 62.4 Å². The molecule has 3 N–H and O–H groups in total. The number of aryl methyl sites for hydroxylation is 3. The average molecular weight is 706 g/mol. The molecule has 3 aromatic rings. The van der Waals surface area contributed by atoms with Crippen molar-refractivity contribution in [3.8, 4) is 0 Å². The molecule has 3 aliphatic rings. The third kappa shape index (κ3) is 9.32. The second-order valence-corrected chi connectivity index (χ2v) is 11.4. The van der Waals surface area contributed by atoms with Crippen LogP contribution in [0.5, 0.6) is 0 Å². The zero-order chi connectivity index (χ0) is 37.2. The number of amides is 4. The number of rotatable bonds is 9. The quantitative estimate of drug-likeness (QED) is 0.216. The highest BCUT2D eigenvalue weighted by Gasteiger charge is 2.31. The summed E-state index contributed by atoms with van der Waals surface area (Å²) in [5.74, 6) is -0.380. The molecule has 0 saturated carbocycles. The number of carbonyl (C=O) groups excluding carboxylic acids is 4. The smallest absolute Gasteiger partial charge is 0.336 e. The van der Waals surface area contributed by atoms with E-state index in [4.69, 9.17) is 22.7 Å². The van der Waals surface area contributed by atoms with E-state index in [0.29, 0.717) is 55.1 Å². The summed E-state index contributed by atoms with van der Waals surface area (Å²) < 4.78 is 26.0. The number of hydrogen-bond acceptors (Lipinski definition) is 12. The highest BCUT2D eigenvalue weighted by molar-refractivity contribution is 6.09. The van der Waals surface area contributed by atoms with Crippen LogP contribution in [0.1, 0.15) is 88.7 Å². The summed E-state index contributed by atoms with van der Waals surface area (Å²) in [5.41, 5.74) is 2.78. The van der Waals surface area contributed by atoms with Gasteiger partial charge in [0.25, 0.3) is 5.91 Å². The summed E-state index contributed by atoms with van der Waals surface area (Å²) in [6.45, 7) is 13.5. The zero-order valence-corrected chi connectivity index (χ0v) is 28.5. The van der Waals surface area contributed by atoms with E-state index in [1.54, 1.807) is 12.2 Å². The molecule has 4 amide bonds. The van der Waals surface area contributed by atoms with Gasteiger partial charge in [-0.3, -0.25) is 24.5 Å². The van der Waals surface area contributed by atoms with Crippen LogP contribution in [0.4, 0.5) is 0 Å². The van der Waals surface area contributed by atoms with Crippen LogP contribution in [0.15, 0.2) is 71.1 Å². The molecule has 0 aromatic carbocycles. The molecule has 0 aliphatic carbocycles. The van der Waals surface area contributed by atoms with Gasteiger partial charge in [0.1, 0.15) is 17.3 Å². The number of fused-ring (bicyclic) bond motifs is 3. The highest BCUT2D eigenvalue weighted by Crippen LogP contribution is 2.28. The second-order valence-electron chi connectivity index (χ2n) is 11.4. The molecule has 15 nitrogen and oxygen atoms in total. The van der Waals surface area contributed by atoms with Crippen molar-refractivity contribution in [2.45, 2.75) is 71.8 Å². The molecule has 270 valence electrons. The molecule has 0 saturated heterocycles. The van der Waals surface area contributed by atoms with Gasteiger partial charge in [0, 0.05) is 29.3 Å². The first-order chi connectivity index (χ1) is 24.4. The van der Waals surface area contributed by atoms with E-state index in [0.717, 1.165) is 22.3 Å². The third-order valence-electron chi connectivity index (χ3n) is 7.90. The standard InChI is InChI=1S/2C13H15NO4.C10H9NO4/c2*1-3-5-17-13-12-8(4-2)6-11(16)18-9(12)7-10(15)14-13;1-2-5-3-8(13)15-6-4-7(12)11-10(14)9(5)6/h2*3,6,13H,1,4-5,7H2,2H3,(H,14,15);3H,2,4H2,1H3,(H,11,12,14). The molecular weight excluding hydrogens is 666 g/mol. The Morgan fingerprint density at radius 1 is 0.627 bits per heavy atom. The number of hydrogen-bond donors (Lipinski definition) is 3. The van der Waals surface area contributed by atoms with E-state index in [1.165, 1.54) is 18.2 Å². The Kier molecular flexibility index (Phi) is 12.9. The molecule has 15 heteroatoms. The summed E-state index contributed by atoms with van der Waals surface area (Å²) in [6.07, 6.45) is 4.07. The third-order valence-corrected chi connectivity index (χ3v) is 7.90. The molecule has 2 unspecified atom stereocenters. The number of imide groups is 1. The molecular formula is C36H39N3O12. The lowest BCUT2D eigenvalue weighted by molar-refractivity contribution is -0.127. The van der Waals surface area contributed by atoms with Crippen LogP contribution in [0, 0.1) is 0 Å². The predicted molar refractivity (Wildman–Crippen MR) is 181 cm³/mol. The highest BCUT2D eigenvalue weighted by atomic mass is 16.5. The first-order valence-corrected chi connectivity index (χ1v) is 16.3. The lowest BCUT2D eigenvalue weighted by Gasteiger charge is -2.26. The molecule has 6 rings (SSSR count). The van der Waals surface area contributed by atoms with E-state index < -0.39 is 41.1 Å². The average Bonchev–Trinajstić information content (AvgIpc) is 3.08. The van der Waals surface area contributed by atoms with Crippen molar-refractivity contribution in [1.82, 2.24) is 16.0 Å². The van der Waals surface area contributed by atoms with Crippen LogP contribution in [0.25, 0.3) is 0 Å². The molecule has 3 aliphatic heterocycles. The van der Waals surface area contributed by atoms with Gasteiger partial charge < -0.3 is 33.4 Å². The summed E-state index contributed by atoms with van der Waals surface area (Å²) >= 11 is 0. The van der Waals surface area contributed by atoms with Crippen molar-refractivity contribution in [3.63, 3.8) is 0 Å². The van der Waals surface area contributed by atoms with Gasteiger partial charge in [-0.1, -0.05) is 32.9 Å². The lowest BCUT2D eigenvalue weighted by Crippen LogP contribution is -2.38. The van der Waals surface area contributed by atoms with Crippen LogP contribution < -0.4 is 32.8 Å². The maximum atomic E-state index is 11.5. The summed E-state index contributed by atoms with van der Waals surface area (Å²) in [5, 5.41) is 7.65. The molecule has 0 radical (unpaired) electrons. The fraction of sp³-hybridized carbons (Fsp3) is 0.361. The first kappa shape index (κ1) is 38.1. The van der Waals surface area contributed by atoms with Crippen LogP contribution >= 0.6 is 0 Å². The summed E-state index contributed by atoms with van der Waals surface area (Å²) in [7, 11) is 0. The molecule has 0 fully saturated rings. The number of carbonyl (C=O) groups is 4. The van der Waals surface area contributed by atoms with E-state index >= 15 is 0 Å². The second kappa shape index (κ2) is 17.3. The predicted octanol–water partition coefficient (Wildman–Crippen LogP) is 2.17. The van der Waals surface area contributed by atoms with Gasteiger partial charge in [0.15, 0.2) is 12.5 Å². The Balaban J connectivity index is 0.000000172. The normalized spacial score (nSPS) is 17.1. The minimum Gasteiger partial charge on any atom is -0.427 e. The fourth-order valence-electron chi connectivity index (χ4n) is 5.75. The fourth-order valence-corrected chi connectivity index (χ4v) is 5.75. The van der Waals surface area contributed by atoms with E-state index in [9.17, 15) is 33.6 Å². The topological polar surface area (TPSA) is 213 Å². The van der Waals surface area contributed by atoms with Gasteiger partial charge in [0.05, 0.1) is 38.0 Å². The molecule has 3 aromatic heterocycles. The van der Waals surface area contributed by atoms with Gasteiger partial charge in [-0.15, -0.1) is 13.2 Å². The largest absolute Gasteiger partial charge is 0.427 e. The van der Waals surface area contributed by atoms with Gasteiger partial charge in [-0.2, -0.15) is 0 Å². The monoisotopic (exact) mass is 705 g/mol. The van der Waals surface area contributed by atoms with Crippen LogP contribution in [0.2, 0.25) is 0 Å². The first-order valence-electron chi connectivity index (χ1n) is 16.3. The Morgan fingerprint density at radius 3 is 1.43 bits per heavy atom. The molecule has 0 spiro atoms. The molecule has 0 bridgehead atoms. The SMILES string of the molecule is C=CCOC1NC(=O)Cc2oc(=O)cc(CC)c21.C=CCOC1NC(=O)Cc2oc(=O)cc(CC)c21.CCc1cc(=O)oc2c1C(=O)NC(=O)C2. The molecule has 51 heavy (non-hydrogen) atoms. The minimum absolute atomic E-state index is 0.0514. The van der Waals surface area contributed by atoms with E-state index in [-0.39, 0.29) is 36.8 Å². The minimum atomic E-state index is -0.571. The Labute approximate surface area is 291 Å². The van der Waals surface area contributed by atoms with Crippen molar-refractivity contribution in [1.29, 1.82) is 0 Å². The Bertz CT molecular complexity index is 1920. The van der Waals surface area contributed by atoms with Crippen molar-refractivity contribution in [2.75, 3.05) is 13.2 Å². The van der Waals surface area contributed by atoms with Gasteiger partial charge in [0.2, 0.25) is 17.7 Å². The maximum absolute atomic E-state index is 11.5. The van der Waals surface area contributed by atoms with Crippen LogP contribution in [-0.4, -0.2) is 36.8 Å². The zero-order valence-electron chi connectivity index (χ0n) is 28.5. The van der Waals surface area contributed by atoms with Crippen molar-refractivity contribution in [2.24, 2.45) is 0 Å². The van der Waals surface area contributed by atoms with Crippen molar-refractivity contribution in [3.05, 3.63) is 125 Å². The lowest BCUT2D eigenvalue weighted by atomic mass is 9.99. The van der Waals surface area contributed by atoms with Crippen molar-refractivity contribution >= 4 is 23.6 Å². The summed E-state index contributed by atoms with van der Waals surface area (Å²) in [4.78, 5) is 79.5.